The van der Waals surface area contributed by atoms with Crippen molar-refractivity contribution < 1.29 is 9.21 Å². The molecule has 3 heteroatoms. The van der Waals surface area contributed by atoms with Crippen molar-refractivity contribution in [2.45, 2.75) is 6.42 Å². The molecule has 10 heavy (non-hydrogen) atoms. The molecule has 0 atom stereocenters. The van der Waals surface area contributed by atoms with E-state index in [1.165, 1.54) is 12.5 Å². The summed E-state index contributed by atoms with van der Waals surface area (Å²) in [6, 6.07) is 0. The van der Waals surface area contributed by atoms with Crippen molar-refractivity contribution in [3.8, 4) is 0 Å². The highest BCUT2D eigenvalue weighted by Crippen LogP contribution is 1.88. The number of carbonyl (C=O) groups is 1. The molecule has 0 spiro atoms. The number of aromatic nitrogens is 1. The smallest absolute Gasteiger partial charge is 0.181 e. The van der Waals surface area contributed by atoms with Crippen LogP contribution >= 0.6 is 0 Å². The Morgan fingerprint density at radius 3 is 3.40 bits per heavy atom. The first-order valence-corrected chi connectivity index (χ1v) is 3.00. The maximum Gasteiger partial charge on any atom is 0.181 e. The van der Waals surface area contributed by atoms with E-state index in [1.807, 2.05) is 0 Å². The summed E-state index contributed by atoms with van der Waals surface area (Å²) in [7, 11) is 0. The molecule has 0 radical (unpaired) electrons. The number of rotatable bonds is 0. The highest BCUT2D eigenvalue weighted by atomic mass is 16.3. The molecule has 0 bridgehead atoms. The van der Waals surface area contributed by atoms with Gasteiger partial charge in [-0.3, -0.25) is 4.79 Å². The summed E-state index contributed by atoms with van der Waals surface area (Å²) in [4.78, 5) is 14.6. The van der Waals surface area contributed by atoms with E-state index in [2.05, 4.69) is 4.98 Å². The van der Waals surface area contributed by atoms with E-state index in [-0.39, 0.29) is 5.78 Å². The van der Waals surface area contributed by atoms with Gasteiger partial charge in [-0.05, 0) is 6.08 Å². The standard InChI is InChI=1S/C7H5NO2/c9-5-1-2-7-6(3-5)8-4-10-7/h2-4H,1H2. The maximum atomic E-state index is 10.8. The fourth-order valence-corrected chi connectivity index (χ4v) is 0.930. The van der Waals surface area contributed by atoms with Gasteiger partial charge in [0.25, 0.3) is 0 Å². The van der Waals surface area contributed by atoms with Gasteiger partial charge in [0.05, 0.1) is 0 Å². The van der Waals surface area contributed by atoms with Gasteiger partial charge in [-0.15, -0.1) is 0 Å². The Balaban J connectivity index is 2.85. The fraction of sp³-hybridized carbons (Fsp3) is 0.143. The van der Waals surface area contributed by atoms with E-state index in [1.54, 1.807) is 6.08 Å². The van der Waals surface area contributed by atoms with Crippen molar-refractivity contribution in [3.63, 3.8) is 0 Å². The Bertz CT molecular complexity index is 375. The van der Waals surface area contributed by atoms with Crippen LogP contribution in [0.4, 0.5) is 0 Å². The summed E-state index contributed by atoms with van der Waals surface area (Å²) in [5.74, 6) is 0.0846. The molecule has 50 valence electrons. The van der Waals surface area contributed by atoms with Crippen LogP contribution in [-0.2, 0) is 4.79 Å². The third-order valence-electron chi connectivity index (χ3n) is 1.41. The van der Waals surface area contributed by atoms with Crippen LogP contribution in [0.25, 0.3) is 12.2 Å². The summed E-state index contributed by atoms with van der Waals surface area (Å²) < 4.78 is 4.95. The van der Waals surface area contributed by atoms with Crippen LogP contribution in [0.5, 0.6) is 0 Å². The quantitative estimate of drug-likeness (QED) is 0.468. The van der Waals surface area contributed by atoms with Gasteiger partial charge in [0, 0.05) is 12.5 Å². The topological polar surface area (TPSA) is 43.1 Å². The molecule has 0 aliphatic heterocycles. The lowest BCUT2D eigenvalue weighted by Gasteiger charge is -1.88. The molecule has 1 aromatic heterocycles. The van der Waals surface area contributed by atoms with E-state index >= 15 is 0 Å². The van der Waals surface area contributed by atoms with Crippen LogP contribution in [0.1, 0.15) is 6.42 Å². The van der Waals surface area contributed by atoms with E-state index < -0.39 is 0 Å². The molecule has 0 fully saturated rings. The Labute approximate surface area is 56.7 Å². The molecule has 1 heterocycles. The normalized spacial score (nSPS) is 15.4. The number of oxazole rings is 1. The first-order chi connectivity index (χ1) is 4.86. The Kier molecular flexibility index (Phi) is 0.974. The largest absolute Gasteiger partial charge is 0.444 e. The van der Waals surface area contributed by atoms with Crippen molar-refractivity contribution in [1.29, 1.82) is 0 Å². The molecule has 0 aromatic carbocycles. The lowest BCUT2D eigenvalue weighted by molar-refractivity contribution is -0.112. The van der Waals surface area contributed by atoms with Gasteiger partial charge in [-0.25, -0.2) is 4.98 Å². The molecular formula is C7H5NO2. The summed E-state index contributed by atoms with van der Waals surface area (Å²) in [6.45, 7) is 0. The zero-order valence-electron chi connectivity index (χ0n) is 5.20. The third kappa shape index (κ3) is 0.673. The van der Waals surface area contributed by atoms with Gasteiger partial charge < -0.3 is 4.42 Å². The summed E-state index contributed by atoms with van der Waals surface area (Å²) in [5.41, 5.74) is 0.708. The number of hydrogen-bond acceptors (Lipinski definition) is 3. The predicted octanol–water partition coefficient (Wildman–Crippen LogP) is -0.792. The second-order valence-electron chi connectivity index (χ2n) is 2.12. The minimum absolute atomic E-state index is 0.0846. The van der Waals surface area contributed by atoms with Gasteiger partial charge in [-0.1, -0.05) is 0 Å². The Hall–Kier alpha value is -1.38. The van der Waals surface area contributed by atoms with Crippen molar-refractivity contribution in [1.82, 2.24) is 4.98 Å². The summed E-state index contributed by atoms with van der Waals surface area (Å²) >= 11 is 0. The maximum absolute atomic E-state index is 10.8. The number of Topliss-reactive ketones (excluding diaryl/α,β-unsaturated/α-hetero) is 1. The Morgan fingerprint density at radius 2 is 2.50 bits per heavy atom. The van der Waals surface area contributed by atoms with Gasteiger partial charge in [0.1, 0.15) is 5.35 Å². The first kappa shape index (κ1) is 5.41. The molecule has 0 unspecified atom stereocenters. The molecule has 3 nitrogen and oxygen atoms in total. The monoisotopic (exact) mass is 135 g/mol. The van der Waals surface area contributed by atoms with Crippen LogP contribution in [0, 0.1) is 0 Å². The minimum Gasteiger partial charge on any atom is -0.444 e. The lowest BCUT2D eigenvalue weighted by atomic mass is 10.2. The number of ketones is 1. The molecule has 0 N–H and O–H groups in total. The van der Waals surface area contributed by atoms with Crippen molar-refractivity contribution >= 4 is 17.9 Å². The molecule has 1 aromatic rings. The first-order valence-electron chi connectivity index (χ1n) is 3.00. The van der Waals surface area contributed by atoms with Crippen LogP contribution < -0.4 is 10.8 Å². The van der Waals surface area contributed by atoms with Crippen molar-refractivity contribution in [2.24, 2.45) is 0 Å². The molecule has 0 saturated heterocycles. The predicted molar refractivity (Wildman–Crippen MR) is 34.3 cm³/mol. The van der Waals surface area contributed by atoms with E-state index in [9.17, 15) is 4.79 Å². The third-order valence-corrected chi connectivity index (χ3v) is 1.41. The second-order valence-corrected chi connectivity index (χ2v) is 2.12. The van der Waals surface area contributed by atoms with Crippen LogP contribution in [0.3, 0.4) is 0 Å². The molecule has 2 rings (SSSR count). The average molecular weight is 135 g/mol. The fourth-order valence-electron chi connectivity index (χ4n) is 0.930. The zero-order valence-corrected chi connectivity index (χ0v) is 5.20. The molecule has 1 aliphatic rings. The minimum atomic E-state index is 0.0846. The summed E-state index contributed by atoms with van der Waals surface area (Å²) in [6.07, 6.45) is 5.02. The molecular weight excluding hydrogens is 130 g/mol. The van der Waals surface area contributed by atoms with Crippen molar-refractivity contribution in [2.75, 3.05) is 0 Å². The van der Waals surface area contributed by atoms with Gasteiger partial charge in [-0.2, -0.15) is 0 Å². The van der Waals surface area contributed by atoms with Gasteiger partial charge in [0.15, 0.2) is 17.6 Å². The van der Waals surface area contributed by atoms with E-state index in [0.29, 0.717) is 17.2 Å². The van der Waals surface area contributed by atoms with E-state index in [0.717, 1.165) is 0 Å². The van der Waals surface area contributed by atoms with Gasteiger partial charge in [0.2, 0.25) is 0 Å². The number of carbonyl (C=O) groups excluding carboxylic acids is 1. The second kappa shape index (κ2) is 1.80. The average Bonchev–Trinajstić information content (AvgIpc) is 2.33. The number of nitrogens with zero attached hydrogens (tertiary/aromatic N) is 1. The summed E-state index contributed by atoms with van der Waals surface area (Å²) in [5, 5.41) is 0.649. The molecule has 0 saturated carbocycles. The highest BCUT2D eigenvalue weighted by molar-refractivity contribution is 6.08. The zero-order chi connectivity index (χ0) is 6.97. The SMILES string of the molecule is O=C1C=c2ncoc2=CC1. The van der Waals surface area contributed by atoms with Crippen LogP contribution in [-0.4, -0.2) is 10.8 Å². The van der Waals surface area contributed by atoms with Crippen LogP contribution in [0.2, 0.25) is 0 Å². The van der Waals surface area contributed by atoms with Crippen LogP contribution in [0.15, 0.2) is 10.8 Å². The number of fused-ring (bicyclic) bond motifs is 1. The van der Waals surface area contributed by atoms with E-state index in [4.69, 9.17) is 4.42 Å². The van der Waals surface area contributed by atoms with Gasteiger partial charge >= 0.3 is 0 Å². The molecule has 0 amide bonds. The lowest BCUT2D eigenvalue weighted by Crippen LogP contribution is -2.27. The number of hydrogen-bond donors (Lipinski definition) is 0. The Morgan fingerprint density at radius 1 is 1.60 bits per heavy atom. The highest BCUT2D eigenvalue weighted by Gasteiger charge is 2.02. The molecule has 1 aliphatic carbocycles. The van der Waals surface area contributed by atoms with Crippen molar-refractivity contribution in [3.05, 3.63) is 17.2 Å².